The monoisotopic (exact) mass is 539 g/mol. The van der Waals surface area contributed by atoms with Crippen molar-refractivity contribution in [3.63, 3.8) is 0 Å². The van der Waals surface area contributed by atoms with Crippen molar-refractivity contribution < 1.29 is 33.6 Å². The van der Waals surface area contributed by atoms with Crippen molar-refractivity contribution in [3.8, 4) is 28.4 Å². The van der Waals surface area contributed by atoms with Gasteiger partial charge in [0.05, 0.1) is 20.3 Å². The Morgan fingerprint density at radius 1 is 0.800 bits per heavy atom. The molecular formula is C32H29NO7. The van der Waals surface area contributed by atoms with Crippen LogP contribution >= 0.6 is 0 Å². The average Bonchev–Trinajstić information content (AvgIpc) is 3.31. The van der Waals surface area contributed by atoms with Crippen LogP contribution in [0.3, 0.4) is 0 Å². The van der Waals surface area contributed by atoms with E-state index in [1.165, 1.54) is 0 Å². The molecule has 0 aliphatic heterocycles. The molecule has 0 heterocycles. The zero-order chi connectivity index (χ0) is 28.1. The Labute approximate surface area is 232 Å². The summed E-state index contributed by atoms with van der Waals surface area (Å²) in [4.78, 5) is 24.1. The number of rotatable bonds is 10. The van der Waals surface area contributed by atoms with Gasteiger partial charge in [0.25, 0.3) is 0 Å². The summed E-state index contributed by atoms with van der Waals surface area (Å²) in [6.45, 7) is -0.267. The molecule has 0 radical (unpaired) electrons. The Morgan fingerprint density at radius 2 is 1.40 bits per heavy atom. The number of hydrogen-bond acceptors (Lipinski definition) is 6. The first-order valence-corrected chi connectivity index (χ1v) is 12.8. The molecule has 1 aliphatic carbocycles. The number of carboxylic acids is 1. The van der Waals surface area contributed by atoms with Gasteiger partial charge in [-0.15, -0.1) is 0 Å². The molecule has 0 unspecified atom stereocenters. The molecule has 4 aromatic carbocycles. The molecule has 5 rings (SSSR count). The first-order chi connectivity index (χ1) is 19.5. The largest absolute Gasteiger partial charge is 0.493 e. The molecule has 40 heavy (non-hydrogen) atoms. The highest BCUT2D eigenvalue weighted by molar-refractivity contribution is 5.79. The van der Waals surface area contributed by atoms with Gasteiger partial charge in [0.15, 0.2) is 18.1 Å². The van der Waals surface area contributed by atoms with Gasteiger partial charge >= 0.3 is 12.1 Å². The highest BCUT2D eigenvalue weighted by atomic mass is 16.5. The molecule has 8 nitrogen and oxygen atoms in total. The van der Waals surface area contributed by atoms with Crippen LogP contribution in [0.15, 0.2) is 91.0 Å². The van der Waals surface area contributed by atoms with E-state index in [1.807, 2.05) is 30.3 Å². The van der Waals surface area contributed by atoms with Gasteiger partial charge in [-0.1, -0.05) is 66.7 Å². The molecule has 1 atom stereocenters. The maximum Gasteiger partial charge on any atom is 0.407 e. The zero-order valence-corrected chi connectivity index (χ0v) is 22.1. The van der Waals surface area contributed by atoms with Crippen molar-refractivity contribution >= 4 is 12.1 Å². The third-order valence-corrected chi connectivity index (χ3v) is 6.92. The van der Waals surface area contributed by atoms with Crippen molar-refractivity contribution in [3.05, 3.63) is 113 Å². The van der Waals surface area contributed by atoms with E-state index in [4.69, 9.17) is 24.1 Å². The lowest BCUT2D eigenvalue weighted by atomic mass is 9.98. The van der Waals surface area contributed by atoms with Gasteiger partial charge < -0.3 is 29.4 Å². The van der Waals surface area contributed by atoms with Crippen LogP contribution in [0.2, 0.25) is 0 Å². The summed E-state index contributed by atoms with van der Waals surface area (Å²) in [5.41, 5.74) is 6.05. The van der Waals surface area contributed by atoms with Crippen LogP contribution in [0, 0.1) is 0 Å². The van der Waals surface area contributed by atoms with Gasteiger partial charge in [-0.2, -0.15) is 0 Å². The van der Waals surface area contributed by atoms with E-state index in [0.29, 0.717) is 17.2 Å². The number of carbonyl (C=O) groups excluding carboxylic acids is 1. The van der Waals surface area contributed by atoms with E-state index < -0.39 is 24.7 Å². The molecule has 204 valence electrons. The fraction of sp³-hybridized carbons (Fsp3) is 0.188. The van der Waals surface area contributed by atoms with E-state index in [9.17, 15) is 9.59 Å². The minimum absolute atomic E-state index is 0.0663. The molecule has 2 N–H and O–H groups in total. The second kappa shape index (κ2) is 11.8. The number of methoxy groups -OCH3 is 2. The summed E-state index contributed by atoms with van der Waals surface area (Å²) in [5.74, 6) is 0.343. The Bertz CT molecular complexity index is 1470. The lowest BCUT2D eigenvalue weighted by Crippen LogP contribution is -2.31. The number of alkyl carbamates (subject to hydrolysis) is 1. The molecule has 0 spiro atoms. The van der Waals surface area contributed by atoms with E-state index >= 15 is 0 Å². The average molecular weight is 540 g/mol. The lowest BCUT2D eigenvalue weighted by molar-refractivity contribution is -0.139. The van der Waals surface area contributed by atoms with Crippen LogP contribution in [-0.2, 0) is 9.53 Å². The highest BCUT2D eigenvalue weighted by Gasteiger charge is 2.29. The maximum atomic E-state index is 13.2. The van der Waals surface area contributed by atoms with Gasteiger partial charge in [-0.3, -0.25) is 0 Å². The first-order valence-electron chi connectivity index (χ1n) is 12.8. The maximum absolute atomic E-state index is 13.2. The van der Waals surface area contributed by atoms with Gasteiger partial charge in [0.1, 0.15) is 12.4 Å². The molecule has 1 amide bonds. The number of carbonyl (C=O) groups is 2. The summed E-state index contributed by atoms with van der Waals surface area (Å²) in [5, 5.41) is 11.9. The molecule has 8 heteroatoms. The summed E-state index contributed by atoms with van der Waals surface area (Å²) < 4.78 is 21.9. The number of carboxylic acid groups (broad SMARTS) is 1. The van der Waals surface area contributed by atoms with Gasteiger partial charge in [-0.05, 0) is 57.6 Å². The Kier molecular flexibility index (Phi) is 7.87. The van der Waals surface area contributed by atoms with Gasteiger partial charge in [0.2, 0.25) is 0 Å². The van der Waals surface area contributed by atoms with Crippen molar-refractivity contribution in [1.29, 1.82) is 0 Å². The minimum Gasteiger partial charge on any atom is -0.493 e. The second-order valence-corrected chi connectivity index (χ2v) is 9.27. The number of nitrogens with one attached hydrogen (secondary N) is 1. The standard InChI is InChI=1S/C32H29NO7/c1-37-28-16-13-21(17-29(28)38-2)31(20-11-14-22(15-12-20)39-19-30(34)35)33-32(36)40-18-27-25-9-5-3-7-23(25)24-8-4-6-10-26(24)27/h3-17,27,31H,18-19H2,1-2H3,(H,33,36)(H,34,35)/t31-/m1/s1. The molecule has 4 aromatic rings. The number of benzene rings is 4. The van der Waals surface area contributed by atoms with E-state index in [1.54, 1.807) is 50.6 Å². The fourth-order valence-electron chi connectivity index (χ4n) is 5.05. The SMILES string of the molecule is COc1ccc([C@H](NC(=O)OCC2c3ccccc3-c3ccccc32)c2ccc(OCC(=O)O)cc2)cc1OC. The Morgan fingerprint density at radius 3 is 2.00 bits per heavy atom. The Balaban J connectivity index is 1.37. The predicted molar refractivity (Wildman–Crippen MR) is 149 cm³/mol. The second-order valence-electron chi connectivity index (χ2n) is 9.27. The van der Waals surface area contributed by atoms with Crippen LogP contribution in [-0.4, -0.2) is 44.6 Å². The molecule has 0 saturated carbocycles. The summed E-state index contributed by atoms with van der Waals surface area (Å²) in [6, 6.07) is 28.0. The number of aliphatic carboxylic acids is 1. The molecule has 0 saturated heterocycles. The topological polar surface area (TPSA) is 103 Å². The van der Waals surface area contributed by atoms with Crippen molar-refractivity contribution in [2.45, 2.75) is 12.0 Å². The summed E-state index contributed by atoms with van der Waals surface area (Å²) in [6.07, 6.45) is -0.576. The molecule has 0 aromatic heterocycles. The fourth-order valence-corrected chi connectivity index (χ4v) is 5.05. The lowest BCUT2D eigenvalue weighted by Gasteiger charge is -2.22. The molecule has 1 aliphatic rings. The summed E-state index contributed by atoms with van der Waals surface area (Å²) in [7, 11) is 3.10. The van der Waals surface area contributed by atoms with Crippen LogP contribution in [0.1, 0.15) is 34.2 Å². The smallest absolute Gasteiger partial charge is 0.407 e. The number of amides is 1. The van der Waals surface area contributed by atoms with Crippen LogP contribution in [0.25, 0.3) is 11.1 Å². The number of fused-ring (bicyclic) bond motifs is 3. The quantitative estimate of drug-likeness (QED) is 0.263. The van der Waals surface area contributed by atoms with E-state index in [0.717, 1.165) is 33.4 Å². The summed E-state index contributed by atoms with van der Waals surface area (Å²) >= 11 is 0. The van der Waals surface area contributed by atoms with Crippen LogP contribution in [0.4, 0.5) is 4.79 Å². The van der Waals surface area contributed by atoms with Crippen molar-refractivity contribution in [2.75, 3.05) is 27.4 Å². The van der Waals surface area contributed by atoms with E-state index in [2.05, 4.69) is 29.6 Å². The molecule has 0 bridgehead atoms. The predicted octanol–water partition coefficient (Wildman–Crippen LogP) is 5.80. The normalized spacial score (nSPS) is 12.6. The van der Waals surface area contributed by atoms with Gasteiger partial charge in [-0.25, -0.2) is 9.59 Å². The molecule has 0 fully saturated rings. The number of ether oxygens (including phenoxy) is 4. The van der Waals surface area contributed by atoms with Crippen molar-refractivity contribution in [2.24, 2.45) is 0 Å². The molecular weight excluding hydrogens is 510 g/mol. The van der Waals surface area contributed by atoms with Crippen LogP contribution in [0.5, 0.6) is 17.2 Å². The third kappa shape index (κ3) is 5.56. The van der Waals surface area contributed by atoms with E-state index in [-0.39, 0.29) is 12.5 Å². The Hall–Kier alpha value is -4.98. The highest BCUT2D eigenvalue weighted by Crippen LogP contribution is 2.44. The van der Waals surface area contributed by atoms with Gasteiger partial charge in [0, 0.05) is 5.92 Å². The minimum atomic E-state index is -1.07. The van der Waals surface area contributed by atoms with Crippen molar-refractivity contribution in [1.82, 2.24) is 5.32 Å². The van der Waals surface area contributed by atoms with Crippen LogP contribution < -0.4 is 19.5 Å². The first kappa shape index (κ1) is 26.6. The number of hydrogen-bond donors (Lipinski definition) is 2. The third-order valence-electron chi connectivity index (χ3n) is 6.92. The zero-order valence-electron chi connectivity index (χ0n) is 22.1.